The molecular weight excluding hydrogens is 318 g/mol. The van der Waals surface area contributed by atoms with Crippen molar-refractivity contribution in [2.45, 2.75) is 69.8 Å². The molecule has 1 aromatic rings. The Morgan fingerprint density at radius 3 is 2.39 bits per heavy atom. The Kier molecular flexibility index (Phi) is 3.61. The van der Waals surface area contributed by atoms with Crippen molar-refractivity contribution in [3.05, 3.63) is 16.6 Å². The van der Waals surface area contributed by atoms with E-state index in [2.05, 4.69) is 9.95 Å². The topological polar surface area (TPSA) is 50.0 Å². The maximum Gasteiger partial charge on any atom is 0.269 e. The quantitative estimate of drug-likeness (QED) is 0.766. The fourth-order valence-electron chi connectivity index (χ4n) is 3.62. The number of nitrogens with zero attached hydrogens (tertiary/aromatic N) is 1. The van der Waals surface area contributed by atoms with E-state index in [1.807, 2.05) is 40.9 Å². The van der Waals surface area contributed by atoms with Crippen molar-refractivity contribution in [3.8, 4) is 0 Å². The molecule has 3 aliphatic rings. The highest BCUT2D eigenvalue weighted by atomic mass is 32.1. The van der Waals surface area contributed by atoms with Crippen LogP contribution in [0.1, 0.15) is 38.8 Å². The first-order valence-corrected chi connectivity index (χ1v) is 8.90. The van der Waals surface area contributed by atoms with Crippen LogP contribution in [0.4, 0.5) is 0 Å². The van der Waals surface area contributed by atoms with Gasteiger partial charge in [-0.05, 0) is 27.7 Å². The lowest BCUT2D eigenvalue weighted by molar-refractivity contribution is -0.678. The Balaban J connectivity index is 1.63. The second kappa shape index (κ2) is 5.21. The number of fused-ring (bicyclic) bond motifs is 1. The van der Waals surface area contributed by atoms with E-state index < -0.39 is 11.6 Å². The van der Waals surface area contributed by atoms with E-state index in [1.54, 1.807) is 11.3 Å². The van der Waals surface area contributed by atoms with Gasteiger partial charge in [-0.2, -0.15) is 4.57 Å². The fraction of sp³-hybridized carbons (Fsp3) is 0.812. The molecule has 7 heteroatoms. The molecule has 4 rings (SSSR count). The van der Waals surface area contributed by atoms with E-state index in [4.69, 9.17) is 23.7 Å². The Bertz CT molecular complexity index is 601. The molecule has 3 saturated heterocycles. The summed E-state index contributed by atoms with van der Waals surface area (Å²) in [5.41, 5.74) is 0. The molecule has 23 heavy (non-hydrogen) atoms. The van der Waals surface area contributed by atoms with Gasteiger partial charge in [-0.25, -0.2) is 0 Å². The van der Waals surface area contributed by atoms with Crippen molar-refractivity contribution in [2.24, 2.45) is 7.05 Å². The summed E-state index contributed by atoms with van der Waals surface area (Å²) >= 11 is 1.67. The summed E-state index contributed by atoms with van der Waals surface area (Å²) in [6.07, 6.45) is 1.25. The van der Waals surface area contributed by atoms with Crippen LogP contribution in [0.5, 0.6) is 0 Å². The third-order valence-corrected chi connectivity index (χ3v) is 5.57. The van der Waals surface area contributed by atoms with Gasteiger partial charge in [-0.15, -0.1) is 0 Å². The minimum absolute atomic E-state index is 0.132. The number of aryl methyl sites for hydroxylation is 1. The van der Waals surface area contributed by atoms with E-state index in [1.165, 1.54) is 0 Å². The van der Waals surface area contributed by atoms with Crippen LogP contribution in [-0.2, 0) is 30.7 Å². The zero-order valence-electron chi connectivity index (χ0n) is 14.1. The molecule has 0 aliphatic carbocycles. The molecule has 3 fully saturated rings. The zero-order valence-corrected chi connectivity index (χ0v) is 15.0. The van der Waals surface area contributed by atoms with Gasteiger partial charge in [0, 0.05) is 0 Å². The number of hydrogen-bond acceptors (Lipinski definition) is 6. The largest absolute Gasteiger partial charge is 0.354 e. The number of thiazole rings is 1. The average molecular weight is 342 g/mol. The number of rotatable bonds is 2. The molecule has 6 nitrogen and oxygen atoms in total. The van der Waals surface area contributed by atoms with Crippen molar-refractivity contribution < 1.29 is 28.3 Å². The van der Waals surface area contributed by atoms with E-state index >= 15 is 0 Å². The van der Waals surface area contributed by atoms with Gasteiger partial charge in [0.05, 0.1) is 12.0 Å². The lowest BCUT2D eigenvalue weighted by atomic mass is 10.0. The van der Waals surface area contributed by atoms with Crippen LogP contribution in [0.2, 0.25) is 0 Å². The molecule has 0 bridgehead atoms. The van der Waals surface area contributed by atoms with Gasteiger partial charge in [0.2, 0.25) is 0 Å². The molecular formula is C16H24NO5S+. The Morgan fingerprint density at radius 2 is 1.78 bits per heavy atom. The summed E-state index contributed by atoms with van der Waals surface area (Å²) in [5, 5.41) is 3.18. The third-order valence-electron chi connectivity index (χ3n) is 4.55. The predicted molar refractivity (Wildman–Crippen MR) is 81.8 cm³/mol. The van der Waals surface area contributed by atoms with E-state index in [0.717, 1.165) is 5.01 Å². The molecule has 0 saturated carbocycles. The summed E-state index contributed by atoms with van der Waals surface area (Å²) in [6.45, 7) is 8.25. The van der Waals surface area contributed by atoms with Gasteiger partial charge in [-0.3, -0.25) is 0 Å². The third kappa shape index (κ3) is 2.73. The van der Waals surface area contributed by atoms with Crippen LogP contribution < -0.4 is 4.57 Å². The van der Waals surface area contributed by atoms with Crippen molar-refractivity contribution in [1.82, 2.24) is 0 Å². The molecule has 0 N–H and O–H groups in total. The molecule has 0 aromatic carbocycles. The first-order chi connectivity index (χ1) is 10.8. The minimum Gasteiger partial charge on any atom is -0.354 e. The molecule has 4 heterocycles. The van der Waals surface area contributed by atoms with E-state index in [0.29, 0.717) is 6.61 Å². The Morgan fingerprint density at radius 1 is 1.04 bits per heavy atom. The summed E-state index contributed by atoms with van der Waals surface area (Å²) in [4.78, 5) is 0. The van der Waals surface area contributed by atoms with Crippen molar-refractivity contribution in [3.63, 3.8) is 0 Å². The van der Waals surface area contributed by atoms with Crippen LogP contribution in [-0.4, -0.2) is 42.6 Å². The molecule has 0 unspecified atom stereocenters. The molecule has 3 aliphatic heterocycles. The van der Waals surface area contributed by atoms with Crippen LogP contribution in [0.25, 0.3) is 0 Å². The Hall–Kier alpha value is -0.570. The minimum atomic E-state index is -0.611. The van der Waals surface area contributed by atoms with Gasteiger partial charge in [0.1, 0.15) is 31.5 Å². The standard InChI is InChI=1S/C16H24NO5S/c1-15(2)18-8-9(20-15)10-11-12(22-16(3,4)21-11)13(19-10)14-17(5)6-7-23-14/h6-7,9-13H,8H2,1-5H3/q+1/t9-,10-,11+,12+,13-/m1/s1. The monoisotopic (exact) mass is 342 g/mol. The fourth-order valence-corrected chi connectivity index (χ4v) is 4.55. The normalized spacial score (nSPS) is 41.3. The zero-order chi connectivity index (χ0) is 16.4. The molecule has 0 amide bonds. The van der Waals surface area contributed by atoms with Crippen molar-refractivity contribution in [2.75, 3.05) is 6.61 Å². The van der Waals surface area contributed by atoms with Gasteiger partial charge >= 0.3 is 0 Å². The number of hydrogen-bond donors (Lipinski definition) is 0. The highest BCUT2D eigenvalue weighted by molar-refractivity contribution is 7.09. The highest BCUT2D eigenvalue weighted by Gasteiger charge is 2.61. The van der Waals surface area contributed by atoms with E-state index in [-0.39, 0.29) is 30.5 Å². The molecule has 0 radical (unpaired) electrons. The van der Waals surface area contributed by atoms with Gasteiger partial charge in [0.25, 0.3) is 5.01 Å². The summed E-state index contributed by atoms with van der Waals surface area (Å²) < 4.78 is 32.5. The predicted octanol–water partition coefficient (Wildman–Crippen LogP) is 1.68. The lowest BCUT2D eigenvalue weighted by Crippen LogP contribution is -2.40. The Labute approximate surface area is 140 Å². The lowest BCUT2D eigenvalue weighted by Gasteiger charge is -2.26. The summed E-state index contributed by atoms with van der Waals surface area (Å²) in [5.74, 6) is -1.19. The average Bonchev–Trinajstić information content (AvgIpc) is 3.14. The van der Waals surface area contributed by atoms with Gasteiger partial charge in [-0.1, -0.05) is 11.3 Å². The van der Waals surface area contributed by atoms with Crippen LogP contribution in [0.3, 0.4) is 0 Å². The molecule has 1 aromatic heterocycles. The van der Waals surface area contributed by atoms with Crippen LogP contribution in [0.15, 0.2) is 11.6 Å². The van der Waals surface area contributed by atoms with Gasteiger partial charge in [0.15, 0.2) is 23.9 Å². The molecule has 128 valence electrons. The summed E-state index contributed by atoms with van der Waals surface area (Å²) in [7, 11) is 2.02. The summed E-state index contributed by atoms with van der Waals surface area (Å²) in [6, 6.07) is 0. The first-order valence-electron chi connectivity index (χ1n) is 8.02. The SMILES string of the molecule is C[n+]1ccsc1[C@@H]1O[C@H]([C@H]2COC(C)(C)O2)[C@@H]2OC(C)(C)O[C@@H]21. The second-order valence-electron chi connectivity index (χ2n) is 7.31. The maximum absolute atomic E-state index is 6.36. The van der Waals surface area contributed by atoms with Gasteiger partial charge < -0.3 is 23.7 Å². The smallest absolute Gasteiger partial charge is 0.269 e. The number of aromatic nitrogens is 1. The van der Waals surface area contributed by atoms with Crippen LogP contribution >= 0.6 is 11.3 Å². The first kappa shape index (κ1) is 15.9. The second-order valence-corrected chi connectivity index (χ2v) is 8.23. The van der Waals surface area contributed by atoms with Crippen LogP contribution in [0, 0.1) is 0 Å². The van der Waals surface area contributed by atoms with E-state index in [9.17, 15) is 0 Å². The van der Waals surface area contributed by atoms with Crippen molar-refractivity contribution in [1.29, 1.82) is 0 Å². The number of ether oxygens (including phenoxy) is 5. The molecule has 5 atom stereocenters. The van der Waals surface area contributed by atoms with Crippen molar-refractivity contribution >= 4 is 11.3 Å². The molecule has 0 spiro atoms. The highest BCUT2D eigenvalue weighted by Crippen LogP contribution is 2.47. The maximum atomic E-state index is 6.36.